The second-order valence-electron chi connectivity index (χ2n) is 4.56. The molecule has 1 heterocycles. The number of methoxy groups -OCH3 is 1. The lowest BCUT2D eigenvalue weighted by molar-refractivity contribution is 0.203. The van der Waals surface area contributed by atoms with E-state index in [4.69, 9.17) is 4.74 Å². The molecule has 1 N–H and O–H groups in total. The summed E-state index contributed by atoms with van der Waals surface area (Å²) < 4.78 is 5.17. The van der Waals surface area contributed by atoms with Gasteiger partial charge in [0.15, 0.2) is 0 Å². The number of anilines is 1. The highest BCUT2D eigenvalue weighted by Gasteiger charge is 2.16. The van der Waals surface area contributed by atoms with Crippen molar-refractivity contribution in [3.05, 3.63) is 23.5 Å². The third-order valence-corrected chi connectivity index (χ3v) is 3.24. The van der Waals surface area contributed by atoms with Crippen molar-refractivity contribution in [1.29, 1.82) is 0 Å². The molecule has 4 nitrogen and oxygen atoms in total. The first kappa shape index (κ1) is 14.9. The number of aliphatic hydroxyl groups is 1. The molecule has 0 saturated heterocycles. The van der Waals surface area contributed by atoms with Gasteiger partial charge >= 0.3 is 0 Å². The van der Waals surface area contributed by atoms with Crippen LogP contribution in [-0.2, 0) is 11.3 Å². The van der Waals surface area contributed by atoms with Gasteiger partial charge in [-0.15, -0.1) is 0 Å². The van der Waals surface area contributed by atoms with Gasteiger partial charge in [-0.3, -0.25) is 4.98 Å². The number of aromatic nitrogens is 1. The van der Waals surface area contributed by atoms with Crippen LogP contribution < -0.4 is 4.90 Å². The zero-order chi connectivity index (χ0) is 13.5. The fourth-order valence-electron chi connectivity index (χ4n) is 1.95. The first-order valence-electron chi connectivity index (χ1n) is 6.46. The zero-order valence-corrected chi connectivity index (χ0v) is 11.8. The molecule has 0 spiro atoms. The van der Waals surface area contributed by atoms with Gasteiger partial charge in [0, 0.05) is 42.8 Å². The number of nitrogens with zero attached hydrogens (tertiary/aromatic N) is 2. The predicted molar refractivity (Wildman–Crippen MR) is 73.9 cm³/mol. The molecule has 1 rings (SSSR count). The second kappa shape index (κ2) is 7.34. The van der Waals surface area contributed by atoms with Crippen molar-refractivity contribution in [2.45, 2.75) is 39.8 Å². The molecule has 1 unspecified atom stereocenters. The molecule has 0 amide bonds. The van der Waals surface area contributed by atoms with E-state index in [-0.39, 0.29) is 6.61 Å². The van der Waals surface area contributed by atoms with Crippen molar-refractivity contribution in [3.8, 4) is 0 Å². The molecule has 4 heteroatoms. The fourth-order valence-corrected chi connectivity index (χ4v) is 1.95. The molecule has 1 atom stereocenters. The van der Waals surface area contributed by atoms with E-state index < -0.39 is 0 Å². The number of pyridine rings is 1. The summed E-state index contributed by atoms with van der Waals surface area (Å²) in [5, 5.41) is 9.44. The Morgan fingerprint density at radius 3 is 2.78 bits per heavy atom. The van der Waals surface area contributed by atoms with Crippen LogP contribution in [0.4, 0.5) is 5.69 Å². The van der Waals surface area contributed by atoms with Gasteiger partial charge in [0.25, 0.3) is 0 Å². The molecular formula is C14H24N2O2. The highest BCUT2D eigenvalue weighted by molar-refractivity contribution is 5.54. The zero-order valence-electron chi connectivity index (χ0n) is 11.8. The third kappa shape index (κ3) is 3.68. The Labute approximate surface area is 110 Å². The molecule has 0 bridgehead atoms. The normalized spacial score (nSPS) is 12.5. The van der Waals surface area contributed by atoms with Gasteiger partial charge in [-0.1, -0.05) is 6.92 Å². The van der Waals surface area contributed by atoms with E-state index in [1.165, 1.54) is 0 Å². The Balaban J connectivity index is 3.05. The minimum absolute atomic E-state index is 0.0164. The number of rotatable bonds is 7. The predicted octanol–water partition coefficient (Wildman–Crippen LogP) is 2.13. The van der Waals surface area contributed by atoms with Crippen molar-refractivity contribution >= 4 is 5.69 Å². The molecule has 0 saturated carbocycles. The van der Waals surface area contributed by atoms with Crippen LogP contribution in [0.5, 0.6) is 0 Å². The summed E-state index contributed by atoms with van der Waals surface area (Å²) in [5.74, 6) is 0. The number of aryl methyl sites for hydroxylation is 1. The highest BCUT2D eigenvalue weighted by atomic mass is 16.5. The van der Waals surface area contributed by atoms with Gasteiger partial charge in [0.1, 0.15) is 0 Å². The number of hydrogen-bond donors (Lipinski definition) is 1. The van der Waals surface area contributed by atoms with E-state index in [0.717, 1.165) is 29.9 Å². The summed E-state index contributed by atoms with van der Waals surface area (Å²) in [5.41, 5.74) is 2.90. The molecule has 1 aromatic rings. The first-order chi connectivity index (χ1) is 8.63. The van der Waals surface area contributed by atoms with Gasteiger partial charge in [0.2, 0.25) is 0 Å². The molecule has 0 aromatic carbocycles. The summed E-state index contributed by atoms with van der Waals surface area (Å²) in [6, 6.07) is 2.44. The van der Waals surface area contributed by atoms with E-state index in [9.17, 15) is 5.11 Å². The van der Waals surface area contributed by atoms with E-state index >= 15 is 0 Å². The molecule has 0 aliphatic rings. The van der Waals surface area contributed by atoms with Crippen LogP contribution >= 0.6 is 0 Å². The molecule has 1 aromatic heterocycles. The smallest absolute Gasteiger partial charge is 0.0717 e. The molecule has 0 radical (unpaired) electrons. The Morgan fingerprint density at radius 2 is 2.22 bits per heavy atom. The lowest BCUT2D eigenvalue weighted by Gasteiger charge is -2.32. The summed E-state index contributed by atoms with van der Waals surface area (Å²) in [6.07, 6.45) is 2.81. The maximum absolute atomic E-state index is 9.44. The van der Waals surface area contributed by atoms with Gasteiger partial charge in [-0.25, -0.2) is 0 Å². The molecule has 0 fully saturated rings. The first-order valence-corrected chi connectivity index (χ1v) is 6.46. The van der Waals surface area contributed by atoms with E-state index in [2.05, 4.69) is 23.7 Å². The van der Waals surface area contributed by atoms with Crippen LogP contribution in [0.2, 0.25) is 0 Å². The molecule has 18 heavy (non-hydrogen) atoms. The van der Waals surface area contributed by atoms with E-state index in [0.29, 0.717) is 12.6 Å². The number of ether oxygens (including phenoxy) is 1. The monoisotopic (exact) mass is 252 g/mol. The number of aliphatic hydroxyl groups excluding tert-OH is 1. The van der Waals surface area contributed by atoms with Gasteiger partial charge in [-0.05, 0) is 26.3 Å². The Kier molecular flexibility index (Phi) is 6.09. The second-order valence-corrected chi connectivity index (χ2v) is 4.56. The van der Waals surface area contributed by atoms with Crippen molar-refractivity contribution in [2.24, 2.45) is 0 Å². The van der Waals surface area contributed by atoms with Gasteiger partial charge < -0.3 is 14.7 Å². The van der Waals surface area contributed by atoms with Crippen molar-refractivity contribution in [1.82, 2.24) is 4.98 Å². The van der Waals surface area contributed by atoms with Crippen LogP contribution in [0.25, 0.3) is 0 Å². The highest BCUT2D eigenvalue weighted by Crippen LogP contribution is 2.24. The van der Waals surface area contributed by atoms with Crippen LogP contribution in [-0.4, -0.2) is 36.4 Å². The Bertz CT molecular complexity index is 369. The summed E-state index contributed by atoms with van der Waals surface area (Å²) in [6.45, 7) is 7.83. The van der Waals surface area contributed by atoms with Crippen LogP contribution in [0, 0.1) is 6.92 Å². The Morgan fingerprint density at radius 1 is 1.50 bits per heavy atom. The molecular weight excluding hydrogens is 228 g/mol. The minimum atomic E-state index is 0.0164. The van der Waals surface area contributed by atoms with E-state index in [1.54, 1.807) is 13.3 Å². The quantitative estimate of drug-likeness (QED) is 0.807. The standard InChI is InChI=1S/C14H24N2O2/c1-5-12(3)16(6-7-18-4)14-8-11(2)15-9-13(14)10-17/h8-9,12,17H,5-7,10H2,1-4H3. The minimum Gasteiger partial charge on any atom is -0.392 e. The Hall–Kier alpha value is -1.13. The van der Waals surface area contributed by atoms with Gasteiger partial charge in [0.05, 0.1) is 13.2 Å². The van der Waals surface area contributed by atoms with Crippen LogP contribution in [0.3, 0.4) is 0 Å². The van der Waals surface area contributed by atoms with Crippen molar-refractivity contribution in [3.63, 3.8) is 0 Å². The SMILES string of the molecule is CCC(C)N(CCOC)c1cc(C)ncc1CO. The largest absolute Gasteiger partial charge is 0.392 e. The summed E-state index contributed by atoms with van der Waals surface area (Å²) in [4.78, 5) is 6.52. The lowest BCUT2D eigenvalue weighted by Crippen LogP contribution is -2.36. The lowest BCUT2D eigenvalue weighted by atomic mass is 10.1. The topological polar surface area (TPSA) is 45.6 Å². The summed E-state index contributed by atoms with van der Waals surface area (Å²) in [7, 11) is 1.71. The molecule has 0 aliphatic carbocycles. The van der Waals surface area contributed by atoms with Crippen molar-refractivity contribution < 1.29 is 9.84 Å². The van der Waals surface area contributed by atoms with E-state index in [1.807, 2.05) is 13.0 Å². The number of hydrogen-bond acceptors (Lipinski definition) is 4. The fraction of sp³-hybridized carbons (Fsp3) is 0.643. The average molecular weight is 252 g/mol. The average Bonchev–Trinajstić information content (AvgIpc) is 2.39. The molecule has 0 aliphatic heterocycles. The van der Waals surface area contributed by atoms with Crippen molar-refractivity contribution in [2.75, 3.05) is 25.2 Å². The summed E-state index contributed by atoms with van der Waals surface area (Å²) >= 11 is 0. The third-order valence-electron chi connectivity index (χ3n) is 3.24. The van der Waals surface area contributed by atoms with Crippen LogP contribution in [0.15, 0.2) is 12.3 Å². The van der Waals surface area contributed by atoms with Gasteiger partial charge in [-0.2, -0.15) is 0 Å². The maximum atomic E-state index is 9.44. The maximum Gasteiger partial charge on any atom is 0.0717 e. The molecule has 102 valence electrons. The van der Waals surface area contributed by atoms with Crippen LogP contribution in [0.1, 0.15) is 31.5 Å².